The Balaban J connectivity index is 4.24. The Hall–Kier alpha value is 0.0569. The van der Waals surface area contributed by atoms with Crippen molar-refractivity contribution < 1.29 is 13.3 Å². The Kier molecular flexibility index (Phi) is 10.3. The average molecular weight is 249 g/mol. The average Bonchev–Trinajstić information content (AvgIpc) is 2.27. The summed E-state index contributed by atoms with van der Waals surface area (Å²) < 4.78 is 17.3. The van der Waals surface area contributed by atoms with Crippen LogP contribution in [0.25, 0.3) is 0 Å². The van der Waals surface area contributed by atoms with Crippen LogP contribution in [-0.2, 0) is 13.3 Å². The molecular formula is C11H27NO3Si. The highest BCUT2D eigenvalue weighted by atomic mass is 28.4. The fourth-order valence-corrected chi connectivity index (χ4v) is 4.26. The Morgan fingerprint density at radius 1 is 0.938 bits per heavy atom. The van der Waals surface area contributed by atoms with E-state index in [-0.39, 0.29) is 0 Å². The van der Waals surface area contributed by atoms with Crippen molar-refractivity contribution in [2.75, 3.05) is 26.4 Å². The molecule has 0 unspecified atom stereocenters. The summed E-state index contributed by atoms with van der Waals surface area (Å²) in [5.41, 5.74) is 5.47. The van der Waals surface area contributed by atoms with Crippen LogP contribution in [-0.4, -0.2) is 35.2 Å². The lowest BCUT2D eigenvalue weighted by Gasteiger charge is -2.28. The van der Waals surface area contributed by atoms with Crippen LogP contribution in [0, 0.1) is 0 Å². The molecule has 0 amide bonds. The van der Waals surface area contributed by atoms with E-state index in [9.17, 15) is 0 Å². The van der Waals surface area contributed by atoms with Crippen LogP contribution < -0.4 is 5.73 Å². The Morgan fingerprint density at radius 2 is 1.56 bits per heavy atom. The van der Waals surface area contributed by atoms with Gasteiger partial charge in [-0.15, -0.1) is 0 Å². The van der Waals surface area contributed by atoms with Gasteiger partial charge in [0.05, 0.1) is 6.61 Å². The van der Waals surface area contributed by atoms with Gasteiger partial charge in [-0.1, -0.05) is 19.8 Å². The summed E-state index contributed by atoms with van der Waals surface area (Å²) in [5.74, 6) is 0. The molecule has 0 aromatic carbocycles. The molecule has 98 valence electrons. The van der Waals surface area contributed by atoms with Crippen molar-refractivity contribution in [3.63, 3.8) is 0 Å². The zero-order valence-electron chi connectivity index (χ0n) is 11.0. The maximum absolute atomic E-state index is 5.78. The van der Waals surface area contributed by atoms with Gasteiger partial charge in [-0.2, -0.15) is 0 Å². The van der Waals surface area contributed by atoms with Gasteiger partial charge in [0.2, 0.25) is 0 Å². The molecule has 0 aliphatic rings. The maximum atomic E-state index is 5.78. The summed E-state index contributed by atoms with van der Waals surface area (Å²) in [6.45, 7) is 8.47. The molecule has 5 heteroatoms. The van der Waals surface area contributed by atoms with Gasteiger partial charge in [0.25, 0.3) is 0 Å². The van der Waals surface area contributed by atoms with E-state index in [4.69, 9.17) is 19.0 Å². The van der Waals surface area contributed by atoms with Gasteiger partial charge in [0.1, 0.15) is 0 Å². The van der Waals surface area contributed by atoms with Crippen LogP contribution in [0.2, 0.25) is 6.04 Å². The second-order valence-electron chi connectivity index (χ2n) is 3.64. The predicted octanol–water partition coefficient (Wildman–Crippen LogP) is 2.16. The third kappa shape index (κ3) is 6.60. The number of unbranched alkanes of at least 4 members (excludes halogenated alkanes) is 2. The van der Waals surface area contributed by atoms with Crippen LogP contribution >= 0.6 is 0 Å². The standard InChI is InChI=1S/C11H27NO3Si/c1-4-7-8-11-16(13-5-2,14-6-3)15-10-9-12/h4-12H2,1-3H3. The zero-order valence-corrected chi connectivity index (χ0v) is 12.0. The second kappa shape index (κ2) is 10.2. The summed E-state index contributed by atoms with van der Waals surface area (Å²) >= 11 is 0. The van der Waals surface area contributed by atoms with Crippen molar-refractivity contribution in [2.45, 2.75) is 46.1 Å². The normalized spacial score (nSPS) is 12.0. The molecule has 0 aromatic rings. The first-order chi connectivity index (χ1) is 7.74. The van der Waals surface area contributed by atoms with E-state index in [1.807, 2.05) is 13.8 Å². The van der Waals surface area contributed by atoms with E-state index in [0.29, 0.717) is 26.4 Å². The molecule has 0 aromatic heterocycles. The van der Waals surface area contributed by atoms with Gasteiger partial charge in [0, 0.05) is 25.8 Å². The van der Waals surface area contributed by atoms with Crippen LogP contribution in [0.4, 0.5) is 0 Å². The quantitative estimate of drug-likeness (QED) is 0.450. The molecular weight excluding hydrogens is 222 g/mol. The lowest BCUT2D eigenvalue weighted by molar-refractivity contribution is 0.0688. The first-order valence-electron chi connectivity index (χ1n) is 6.36. The van der Waals surface area contributed by atoms with E-state index < -0.39 is 8.80 Å². The highest BCUT2D eigenvalue weighted by molar-refractivity contribution is 6.60. The van der Waals surface area contributed by atoms with E-state index in [0.717, 1.165) is 12.5 Å². The van der Waals surface area contributed by atoms with Gasteiger partial charge in [-0.25, -0.2) is 0 Å². The lowest BCUT2D eigenvalue weighted by Crippen LogP contribution is -2.46. The van der Waals surface area contributed by atoms with Gasteiger partial charge in [-0.05, 0) is 20.3 Å². The van der Waals surface area contributed by atoms with Crippen molar-refractivity contribution >= 4 is 8.80 Å². The molecule has 16 heavy (non-hydrogen) atoms. The summed E-state index contributed by atoms with van der Waals surface area (Å²) in [4.78, 5) is 0. The van der Waals surface area contributed by atoms with Crippen molar-refractivity contribution in [1.29, 1.82) is 0 Å². The number of rotatable bonds is 11. The number of hydrogen-bond acceptors (Lipinski definition) is 4. The summed E-state index contributed by atoms with van der Waals surface area (Å²) in [6, 6.07) is 0.905. The molecule has 0 saturated heterocycles. The molecule has 0 spiro atoms. The molecule has 0 saturated carbocycles. The van der Waals surface area contributed by atoms with Crippen LogP contribution in [0.5, 0.6) is 0 Å². The van der Waals surface area contributed by atoms with Crippen molar-refractivity contribution in [2.24, 2.45) is 5.73 Å². The Morgan fingerprint density at radius 3 is 2.00 bits per heavy atom. The fourth-order valence-electron chi connectivity index (χ4n) is 1.59. The lowest BCUT2D eigenvalue weighted by atomic mass is 10.3. The molecule has 0 bridgehead atoms. The maximum Gasteiger partial charge on any atom is 0.500 e. The minimum absolute atomic E-state index is 0.517. The first kappa shape index (κ1) is 16.1. The second-order valence-corrected chi connectivity index (χ2v) is 6.38. The molecule has 0 radical (unpaired) electrons. The third-order valence-electron chi connectivity index (χ3n) is 2.25. The summed E-state index contributed by atoms with van der Waals surface area (Å²) in [6.07, 6.45) is 3.49. The van der Waals surface area contributed by atoms with E-state index in [2.05, 4.69) is 6.92 Å². The van der Waals surface area contributed by atoms with Crippen molar-refractivity contribution in [3.05, 3.63) is 0 Å². The smallest absolute Gasteiger partial charge is 0.374 e. The van der Waals surface area contributed by atoms with Crippen molar-refractivity contribution in [3.8, 4) is 0 Å². The molecule has 0 aliphatic heterocycles. The van der Waals surface area contributed by atoms with E-state index in [1.54, 1.807) is 0 Å². The Labute approximate surface area is 101 Å². The molecule has 0 atom stereocenters. The fraction of sp³-hybridized carbons (Fsp3) is 1.00. The molecule has 0 aliphatic carbocycles. The molecule has 0 heterocycles. The van der Waals surface area contributed by atoms with Crippen molar-refractivity contribution in [1.82, 2.24) is 0 Å². The molecule has 2 N–H and O–H groups in total. The number of hydrogen-bond donors (Lipinski definition) is 1. The van der Waals surface area contributed by atoms with Gasteiger partial charge in [0.15, 0.2) is 0 Å². The third-order valence-corrected chi connectivity index (χ3v) is 5.32. The number of nitrogens with two attached hydrogens (primary N) is 1. The molecule has 0 fully saturated rings. The van der Waals surface area contributed by atoms with E-state index >= 15 is 0 Å². The molecule has 4 nitrogen and oxygen atoms in total. The molecule has 0 rings (SSSR count). The minimum Gasteiger partial charge on any atom is -0.374 e. The predicted molar refractivity (Wildman–Crippen MR) is 68.3 cm³/mol. The van der Waals surface area contributed by atoms with Crippen LogP contribution in [0.1, 0.15) is 40.0 Å². The van der Waals surface area contributed by atoms with Crippen LogP contribution in [0.3, 0.4) is 0 Å². The highest BCUT2D eigenvalue weighted by Crippen LogP contribution is 2.19. The zero-order chi connectivity index (χ0) is 12.3. The van der Waals surface area contributed by atoms with Crippen LogP contribution in [0.15, 0.2) is 0 Å². The minimum atomic E-state index is -2.43. The monoisotopic (exact) mass is 249 g/mol. The SMILES string of the molecule is CCCCC[Si](OCC)(OCC)OCCN. The first-order valence-corrected chi connectivity index (χ1v) is 8.29. The Bertz CT molecular complexity index is 152. The topological polar surface area (TPSA) is 53.7 Å². The van der Waals surface area contributed by atoms with Gasteiger partial charge in [-0.3, -0.25) is 0 Å². The summed E-state index contributed by atoms with van der Waals surface area (Å²) in [7, 11) is -2.43. The van der Waals surface area contributed by atoms with E-state index in [1.165, 1.54) is 12.8 Å². The van der Waals surface area contributed by atoms with Gasteiger partial charge >= 0.3 is 8.80 Å². The summed E-state index contributed by atoms with van der Waals surface area (Å²) in [5, 5.41) is 0. The highest BCUT2D eigenvalue weighted by Gasteiger charge is 2.39. The largest absolute Gasteiger partial charge is 0.500 e. The van der Waals surface area contributed by atoms with Gasteiger partial charge < -0.3 is 19.0 Å².